The molecule has 8 aromatic rings. The quantitative estimate of drug-likeness (QED) is 0.0383. The summed E-state index contributed by atoms with van der Waals surface area (Å²) in [6.45, 7) is 0. The summed E-state index contributed by atoms with van der Waals surface area (Å²) in [6.07, 6.45) is 4.63. The minimum absolute atomic E-state index is 0. The summed E-state index contributed by atoms with van der Waals surface area (Å²) in [5.74, 6) is 6.93. The molecule has 0 aliphatic carbocycles. The second-order valence-corrected chi connectivity index (χ2v) is 19.7. The van der Waals surface area contributed by atoms with E-state index in [4.69, 9.17) is 66.2 Å². The topological polar surface area (TPSA) is 267 Å². The van der Waals surface area contributed by atoms with Crippen molar-refractivity contribution in [1.82, 2.24) is 5.32 Å². The van der Waals surface area contributed by atoms with Crippen LogP contribution < -0.4 is 34.5 Å². The molecule has 0 aromatic heterocycles. The Balaban J connectivity index is 0.000000268. The molecule has 82 heavy (non-hydrogen) atoms. The maximum absolute atomic E-state index is 11.6. The third-order valence-electron chi connectivity index (χ3n) is 10.2. The van der Waals surface area contributed by atoms with Crippen LogP contribution in [0.1, 0.15) is 43.1 Å². The Morgan fingerprint density at radius 1 is 0.463 bits per heavy atom. The van der Waals surface area contributed by atoms with Gasteiger partial charge in [-0.2, -0.15) is 0 Å². The van der Waals surface area contributed by atoms with E-state index in [2.05, 4.69) is 5.32 Å². The van der Waals surface area contributed by atoms with E-state index in [1.807, 2.05) is 60.7 Å². The number of ketones is 1. The summed E-state index contributed by atoms with van der Waals surface area (Å²) in [7, 11) is 8.68. The molecule has 0 saturated carbocycles. The first kappa shape index (κ1) is 67.2. The highest BCUT2D eigenvalue weighted by Gasteiger charge is 2.22. The van der Waals surface area contributed by atoms with Gasteiger partial charge in [0.2, 0.25) is 0 Å². The van der Waals surface area contributed by atoms with Gasteiger partial charge in [0, 0.05) is 23.1 Å². The summed E-state index contributed by atoms with van der Waals surface area (Å²) >= 11 is 12.4. The Labute approximate surface area is 493 Å². The predicted octanol–water partition coefficient (Wildman–Crippen LogP) is 11.0. The van der Waals surface area contributed by atoms with Gasteiger partial charge in [0.1, 0.15) is 100 Å². The molecule has 0 atom stereocenters. The number of thioether (sulfide) groups is 2. The molecular formula is C61H54BNO15S4. The zero-order valence-corrected chi connectivity index (χ0v) is 47.1. The molecule has 8 aromatic carbocycles. The van der Waals surface area contributed by atoms with E-state index >= 15 is 0 Å². The number of thiocarbonyl (C=S) groups is 2. The number of phenols is 3. The fourth-order valence-electron chi connectivity index (χ4n) is 6.09. The number of methoxy groups -OCH3 is 2. The highest BCUT2D eigenvalue weighted by Crippen LogP contribution is 2.29. The van der Waals surface area contributed by atoms with Crippen molar-refractivity contribution in [1.29, 1.82) is 0 Å². The zero-order chi connectivity index (χ0) is 57.7. The number of aldehydes is 3. The van der Waals surface area contributed by atoms with E-state index in [9.17, 15) is 29.1 Å². The molecule has 2 radical (unpaired) electrons. The first-order valence-electron chi connectivity index (χ1n) is 23.7. The molecule has 2 aliphatic heterocycles. The van der Waals surface area contributed by atoms with Crippen LogP contribution in [0, 0.1) is 0 Å². The summed E-state index contributed by atoms with van der Waals surface area (Å²) < 4.78 is 28.1. The van der Waals surface area contributed by atoms with Crippen molar-refractivity contribution in [3.8, 4) is 63.2 Å². The summed E-state index contributed by atoms with van der Waals surface area (Å²) in [6, 6.07) is 54.7. The van der Waals surface area contributed by atoms with E-state index in [1.54, 1.807) is 142 Å². The average molecular weight is 1180 g/mol. The molecule has 8 N–H and O–H groups in total. The van der Waals surface area contributed by atoms with Crippen LogP contribution >= 0.6 is 48.0 Å². The standard InChI is InChI=1S/C16H11NO3S2.C14H12O3.C13H10O3.C7H7BO.C7H6O2.C4H4OS2.2H2O/c18-11-3-7-13(8-4-11)20-12-5-1-10(2-6-12)9-14-15(19)17-16(21)22-14;1-16-12-6-8-14(9-7-12)17-13-4-2-11(10-15)3-5-13;14-9-10-1-5-12(6-2-10)16-13-7-3-11(15)4-8-13;1-9-7-4-2-6(8)3-5-7;8-5-6-1-3-7(9)4-2-6;5-3-1-4(6)7-2-3;;/h1-9,18H,(H,17,19,21);2-10H,1H3;1-9,15H;2-5H,1H3;1-5,9H;1-2H2;2*1H2/b14-9+;;;;;;;. The largest absolute Gasteiger partial charge is 0.508 e. The Morgan fingerprint density at radius 2 is 0.756 bits per heavy atom. The number of ether oxygens (including phenoxy) is 5. The smallest absolute Gasteiger partial charge is 0.263 e. The molecule has 0 unspecified atom stereocenters. The highest BCUT2D eigenvalue weighted by atomic mass is 32.2. The van der Waals surface area contributed by atoms with Crippen LogP contribution in [-0.4, -0.2) is 93.2 Å². The summed E-state index contributed by atoms with van der Waals surface area (Å²) in [5, 5.41) is 29.6. The Morgan fingerprint density at radius 3 is 1.04 bits per heavy atom. The molecule has 1 amide bonds. The number of nitrogens with one attached hydrogen (secondary N) is 1. The van der Waals surface area contributed by atoms with E-state index in [0.29, 0.717) is 66.8 Å². The number of aromatic hydroxyl groups is 3. The molecule has 2 heterocycles. The molecule has 0 bridgehead atoms. The van der Waals surface area contributed by atoms with Gasteiger partial charge in [-0.25, -0.2) is 0 Å². The monoisotopic (exact) mass is 1180 g/mol. The van der Waals surface area contributed by atoms with Crippen molar-refractivity contribution in [2.24, 2.45) is 0 Å². The van der Waals surface area contributed by atoms with Crippen molar-refractivity contribution >= 4 is 106 Å². The molecule has 420 valence electrons. The number of hydrogen-bond acceptors (Lipinski definition) is 17. The molecular weight excluding hydrogens is 1130 g/mol. The minimum Gasteiger partial charge on any atom is -0.508 e. The van der Waals surface area contributed by atoms with Crippen molar-refractivity contribution in [3.63, 3.8) is 0 Å². The number of carbonyl (C=O) groups is 5. The third-order valence-corrected chi connectivity index (χ3v) is 12.8. The fourth-order valence-corrected chi connectivity index (χ4v) is 8.16. The van der Waals surface area contributed by atoms with E-state index in [-0.39, 0.29) is 39.9 Å². The Hall–Kier alpha value is -9.09. The molecule has 0 spiro atoms. The Kier molecular flexibility index (Phi) is 29.7. The lowest BCUT2D eigenvalue weighted by atomic mass is 9.97. The molecule has 2 fully saturated rings. The SMILES string of the molecule is COc1ccc(Oc2ccc(C=O)cc2)cc1.O.O.O=C1CSC(=S)C1.O=C1NC(=S)S/C1=C/c1ccc(Oc2ccc(O)cc2)cc1.O=Cc1ccc(O)cc1.O=Cc1ccc(Oc2ccc(O)cc2)cc1.[B]c1ccc(OC)cc1. The van der Waals surface area contributed by atoms with Crippen LogP contribution in [0.4, 0.5) is 0 Å². The van der Waals surface area contributed by atoms with Gasteiger partial charge < -0.3 is 55.3 Å². The number of benzene rings is 8. The van der Waals surface area contributed by atoms with Crippen LogP contribution in [0.2, 0.25) is 0 Å². The second kappa shape index (κ2) is 36.2. The first-order chi connectivity index (χ1) is 38.6. The van der Waals surface area contributed by atoms with Crippen LogP contribution in [0.15, 0.2) is 199 Å². The van der Waals surface area contributed by atoms with Gasteiger partial charge >= 0.3 is 0 Å². The van der Waals surface area contributed by atoms with Crippen molar-refractivity contribution < 1.29 is 73.9 Å². The van der Waals surface area contributed by atoms with E-state index in [0.717, 1.165) is 51.3 Å². The highest BCUT2D eigenvalue weighted by molar-refractivity contribution is 8.27. The van der Waals surface area contributed by atoms with Crippen LogP contribution in [0.3, 0.4) is 0 Å². The number of carbonyl (C=O) groups excluding carboxylic acids is 5. The van der Waals surface area contributed by atoms with Gasteiger partial charge in [-0.05, 0) is 181 Å². The first-order valence-corrected chi connectivity index (χ1v) is 26.3. The van der Waals surface area contributed by atoms with Gasteiger partial charge in [0.05, 0.1) is 29.1 Å². The second-order valence-electron chi connectivity index (χ2n) is 16.1. The van der Waals surface area contributed by atoms with Gasteiger partial charge in [-0.1, -0.05) is 65.9 Å². The third kappa shape index (κ3) is 24.9. The Bertz CT molecular complexity index is 3300. The van der Waals surface area contributed by atoms with Gasteiger partial charge in [0.15, 0.2) is 0 Å². The molecule has 21 heteroatoms. The molecule has 10 rings (SSSR count). The fraction of sp³-hybridized carbons (Fsp3) is 0.0656. The zero-order valence-electron chi connectivity index (χ0n) is 43.8. The van der Waals surface area contributed by atoms with Crippen molar-refractivity contribution in [2.75, 3.05) is 20.0 Å². The summed E-state index contributed by atoms with van der Waals surface area (Å²) in [5.41, 5.74) is 3.47. The van der Waals surface area contributed by atoms with E-state index in [1.165, 1.54) is 35.7 Å². The van der Waals surface area contributed by atoms with Crippen molar-refractivity contribution in [2.45, 2.75) is 6.42 Å². The van der Waals surface area contributed by atoms with Gasteiger partial charge in [0.25, 0.3) is 5.91 Å². The van der Waals surface area contributed by atoms with E-state index < -0.39 is 0 Å². The molecule has 2 aliphatic rings. The summed E-state index contributed by atoms with van der Waals surface area (Å²) in [4.78, 5) is 53.5. The lowest BCUT2D eigenvalue weighted by Gasteiger charge is -2.06. The van der Waals surface area contributed by atoms with Gasteiger partial charge in [-0.3, -0.25) is 24.0 Å². The van der Waals surface area contributed by atoms with Crippen molar-refractivity contribution in [3.05, 3.63) is 221 Å². The number of rotatable bonds is 12. The van der Waals surface area contributed by atoms with Crippen LogP contribution in [0.25, 0.3) is 6.08 Å². The van der Waals surface area contributed by atoms with Crippen LogP contribution in [0.5, 0.6) is 63.2 Å². The molecule has 2 saturated heterocycles. The maximum atomic E-state index is 11.6. The average Bonchev–Trinajstić information content (AvgIpc) is 4.05. The minimum atomic E-state index is -0.167. The van der Waals surface area contributed by atoms with Gasteiger partial charge in [-0.15, -0.1) is 11.8 Å². The number of phenolic OH excluding ortho intramolecular Hbond substituents is 3. The predicted molar refractivity (Wildman–Crippen MR) is 330 cm³/mol. The lowest BCUT2D eigenvalue weighted by Crippen LogP contribution is -2.17. The normalized spacial score (nSPS) is 12.0. The molecule has 16 nitrogen and oxygen atoms in total. The number of Topliss-reactive ketones (excluding diaryl/α,β-unsaturated/α-hetero) is 1. The number of hydrogen-bond donors (Lipinski definition) is 4. The van der Waals surface area contributed by atoms with Crippen LogP contribution in [-0.2, 0) is 9.59 Å². The lowest BCUT2D eigenvalue weighted by molar-refractivity contribution is -0.116. The number of amides is 1. The maximum Gasteiger partial charge on any atom is 0.263 e.